The number of carbonyl (C=O) groups is 2. The molecule has 1 aromatic rings. The van der Waals surface area contributed by atoms with Gasteiger partial charge in [0.2, 0.25) is 5.91 Å². The van der Waals surface area contributed by atoms with Gasteiger partial charge >= 0.3 is 6.09 Å². The van der Waals surface area contributed by atoms with Gasteiger partial charge < -0.3 is 25.0 Å². The van der Waals surface area contributed by atoms with Gasteiger partial charge in [0.15, 0.2) is 0 Å². The number of aliphatic hydroxyl groups is 1. The monoisotopic (exact) mass is 440 g/mol. The van der Waals surface area contributed by atoms with Crippen LogP contribution in [0, 0.1) is 16.7 Å². The van der Waals surface area contributed by atoms with Crippen molar-refractivity contribution in [2.75, 3.05) is 31.1 Å². The van der Waals surface area contributed by atoms with Gasteiger partial charge in [-0.2, -0.15) is 5.26 Å². The molecule has 172 valence electrons. The Labute approximate surface area is 189 Å². The fourth-order valence-electron chi connectivity index (χ4n) is 5.51. The van der Waals surface area contributed by atoms with Crippen LogP contribution in [0.2, 0.25) is 0 Å². The lowest BCUT2D eigenvalue weighted by molar-refractivity contribution is -0.139. The molecule has 2 heterocycles. The summed E-state index contributed by atoms with van der Waals surface area (Å²) in [5.41, 5.74) is 0.811. The smallest absolute Gasteiger partial charge is 0.410 e. The first-order valence-corrected chi connectivity index (χ1v) is 11.7. The number of benzene rings is 1. The van der Waals surface area contributed by atoms with Gasteiger partial charge in [-0.25, -0.2) is 4.79 Å². The molecule has 2 saturated heterocycles. The molecule has 2 N–H and O–H groups in total. The Bertz CT molecular complexity index is 906. The van der Waals surface area contributed by atoms with Crippen LogP contribution in [-0.2, 0) is 4.79 Å². The lowest BCUT2D eigenvalue weighted by Crippen LogP contribution is -2.50. The van der Waals surface area contributed by atoms with E-state index in [9.17, 15) is 20.0 Å². The van der Waals surface area contributed by atoms with Crippen molar-refractivity contribution < 1.29 is 19.4 Å². The number of anilines is 1. The molecule has 1 saturated carbocycles. The zero-order valence-electron chi connectivity index (χ0n) is 18.7. The van der Waals surface area contributed by atoms with Crippen molar-refractivity contribution in [1.29, 1.82) is 5.26 Å². The molecule has 1 unspecified atom stereocenters. The minimum absolute atomic E-state index is 0.229. The number of aliphatic hydroxyl groups excluding tert-OH is 1. The van der Waals surface area contributed by atoms with Crippen molar-refractivity contribution in [3.63, 3.8) is 0 Å². The number of amides is 2. The molecule has 2 aliphatic heterocycles. The van der Waals surface area contributed by atoms with Crippen LogP contribution in [-0.4, -0.2) is 60.3 Å². The summed E-state index contributed by atoms with van der Waals surface area (Å²) in [7, 11) is 0. The molecule has 32 heavy (non-hydrogen) atoms. The maximum atomic E-state index is 13.5. The maximum absolute atomic E-state index is 13.5. The molecule has 2 amide bonds. The Morgan fingerprint density at radius 1 is 1.28 bits per heavy atom. The Balaban J connectivity index is 1.49. The number of likely N-dealkylation sites (tertiary alicyclic amines) is 1. The van der Waals surface area contributed by atoms with Gasteiger partial charge in [-0.1, -0.05) is 0 Å². The van der Waals surface area contributed by atoms with Gasteiger partial charge in [0.05, 0.1) is 22.8 Å². The van der Waals surface area contributed by atoms with Crippen LogP contribution >= 0.6 is 0 Å². The van der Waals surface area contributed by atoms with Crippen LogP contribution in [0.25, 0.3) is 0 Å². The van der Waals surface area contributed by atoms with Gasteiger partial charge in [0, 0.05) is 38.3 Å². The summed E-state index contributed by atoms with van der Waals surface area (Å²) >= 11 is 0. The van der Waals surface area contributed by atoms with Crippen molar-refractivity contribution in [3.05, 3.63) is 23.8 Å². The van der Waals surface area contributed by atoms with Crippen molar-refractivity contribution in [1.82, 2.24) is 10.2 Å². The van der Waals surface area contributed by atoms with Crippen molar-refractivity contribution in [3.8, 4) is 11.8 Å². The number of piperidine rings is 1. The first-order chi connectivity index (χ1) is 15.5. The van der Waals surface area contributed by atoms with Crippen molar-refractivity contribution in [2.45, 2.75) is 64.0 Å². The number of nitrogens with zero attached hydrogens (tertiary/aromatic N) is 3. The second-order valence-corrected chi connectivity index (χ2v) is 9.23. The zero-order chi connectivity index (χ0) is 22.7. The van der Waals surface area contributed by atoms with Gasteiger partial charge in [0.25, 0.3) is 0 Å². The molecular formula is C24H32N4O4. The fourth-order valence-corrected chi connectivity index (χ4v) is 5.51. The highest BCUT2D eigenvalue weighted by Gasteiger charge is 2.50. The molecule has 1 atom stereocenters. The summed E-state index contributed by atoms with van der Waals surface area (Å²) in [5.74, 6) is 0.559. The van der Waals surface area contributed by atoms with E-state index >= 15 is 0 Å². The number of nitrogens with one attached hydrogen (secondary N) is 1. The summed E-state index contributed by atoms with van der Waals surface area (Å²) in [6, 6.07) is 7.55. The Morgan fingerprint density at radius 2 is 2.06 bits per heavy atom. The number of hydrogen-bond donors (Lipinski definition) is 2. The summed E-state index contributed by atoms with van der Waals surface area (Å²) < 4.78 is 5.24. The highest BCUT2D eigenvalue weighted by atomic mass is 16.6. The van der Waals surface area contributed by atoms with Crippen molar-refractivity contribution in [2.24, 2.45) is 5.41 Å². The van der Waals surface area contributed by atoms with Crippen LogP contribution in [0.5, 0.6) is 5.75 Å². The van der Waals surface area contributed by atoms with Crippen LogP contribution in [0.3, 0.4) is 0 Å². The molecule has 8 heteroatoms. The van der Waals surface area contributed by atoms with Gasteiger partial charge in [-0.3, -0.25) is 4.79 Å². The van der Waals surface area contributed by atoms with Crippen LogP contribution in [0.1, 0.15) is 57.4 Å². The second kappa shape index (κ2) is 9.37. The van der Waals surface area contributed by atoms with Crippen LogP contribution < -0.4 is 15.0 Å². The molecule has 3 fully saturated rings. The van der Waals surface area contributed by atoms with E-state index in [-0.39, 0.29) is 18.1 Å². The van der Waals surface area contributed by atoms with E-state index in [0.29, 0.717) is 24.4 Å². The largest absolute Gasteiger partial charge is 0.412 e. The predicted octanol–water partition coefficient (Wildman–Crippen LogP) is 2.79. The average molecular weight is 441 g/mol. The van der Waals surface area contributed by atoms with E-state index in [0.717, 1.165) is 63.7 Å². The highest BCUT2D eigenvalue weighted by molar-refractivity contribution is 5.86. The number of rotatable bonds is 4. The van der Waals surface area contributed by atoms with Gasteiger partial charge in [-0.15, -0.1) is 0 Å². The number of ether oxygens (including phenoxy) is 1. The van der Waals surface area contributed by atoms with E-state index in [1.807, 2.05) is 6.07 Å². The summed E-state index contributed by atoms with van der Waals surface area (Å²) in [4.78, 5) is 29.4. The topological polar surface area (TPSA) is 106 Å². The summed E-state index contributed by atoms with van der Waals surface area (Å²) in [5, 5.41) is 22.1. The third kappa shape index (κ3) is 4.40. The Hall–Kier alpha value is -2.79. The molecule has 1 aromatic carbocycles. The molecule has 1 aliphatic carbocycles. The van der Waals surface area contributed by atoms with Crippen LogP contribution in [0.15, 0.2) is 18.2 Å². The Morgan fingerprint density at radius 3 is 2.78 bits per heavy atom. The van der Waals surface area contributed by atoms with E-state index in [1.165, 1.54) is 0 Å². The molecule has 0 aromatic heterocycles. The minimum atomic E-state index is -0.548. The predicted molar refractivity (Wildman–Crippen MR) is 119 cm³/mol. The second-order valence-electron chi connectivity index (χ2n) is 9.23. The van der Waals surface area contributed by atoms with E-state index in [2.05, 4.69) is 21.2 Å². The molecule has 0 radical (unpaired) electrons. The number of hydrogen-bond acceptors (Lipinski definition) is 6. The first-order valence-electron chi connectivity index (χ1n) is 11.7. The van der Waals surface area contributed by atoms with E-state index < -0.39 is 11.5 Å². The third-order valence-electron chi connectivity index (χ3n) is 7.19. The average Bonchev–Trinajstić information content (AvgIpc) is 3.09. The summed E-state index contributed by atoms with van der Waals surface area (Å²) in [6.07, 6.45) is 5.10. The van der Waals surface area contributed by atoms with E-state index in [1.54, 1.807) is 19.1 Å². The maximum Gasteiger partial charge on any atom is 0.412 e. The lowest BCUT2D eigenvalue weighted by atomic mass is 9.78. The normalized spacial score (nSPS) is 28.0. The first kappa shape index (κ1) is 22.4. The van der Waals surface area contributed by atoms with Gasteiger partial charge in [-0.05, 0) is 64.0 Å². The molecule has 4 rings (SSSR count). The Kier molecular flexibility index (Phi) is 6.56. The quantitative estimate of drug-likeness (QED) is 0.746. The lowest BCUT2D eigenvalue weighted by Gasteiger charge is -2.41. The fraction of sp³-hybridized carbons (Fsp3) is 0.625. The molecular weight excluding hydrogens is 408 g/mol. The number of carbonyl (C=O) groups excluding carboxylic acids is 2. The highest BCUT2D eigenvalue weighted by Crippen LogP contribution is 2.44. The molecule has 0 bridgehead atoms. The molecule has 8 nitrogen and oxygen atoms in total. The molecule has 1 spiro atoms. The van der Waals surface area contributed by atoms with E-state index in [4.69, 9.17) is 4.74 Å². The number of nitriles is 1. The van der Waals surface area contributed by atoms with Crippen LogP contribution in [0.4, 0.5) is 10.5 Å². The van der Waals surface area contributed by atoms with Gasteiger partial charge in [0.1, 0.15) is 11.8 Å². The SMILES string of the molecule is CCNC(=O)Oc1ccc(N2CCCC3(CCN(C4CCC(O)CC4)C3=O)C2)c(C#N)c1. The third-order valence-corrected chi connectivity index (χ3v) is 7.19. The zero-order valence-corrected chi connectivity index (χ0v) is 18.7. The standard InChI is InChI=1S/C24H32N4O4/c1-2-26-23(31)32-20-8-9-21(17(14-20)15-25)27-12-3-10-24(16-27)11-13-28(22(24)30)18-4-6-19(29)7-5-18/h8-9,14,18-19,29H,2-7,10-13,16H2,1H3,(H,26,31). The minimum Gasteiger partial charge on any atom is -0.410 e. The molecule has 3 aliphatic rings. The van der Waals surface area contributed by atoms with Crippen molar-refractivity contribution >= 4 is 17.7 Å². The summed E-state index contributed by atoms with van der Waals surface area (Å²) in [6.45, 7) is 4.43.